The van der Waals surface area contributed by atoms with Crippen LogP contribution < -0.4 is 0 Å². The molecule has 1 aromatic heterocycles. The van der Waals surface area contributed by atoms with Crippen LogP contribution in [0.4, 0.5) is 0 Å². The van der Waals surface area contributed by atoms with Gasteiger partial charge in [-0.15, -0.1) is 0 Å². The smallest absolute Gasteiger partial charge is 0.274 e. The molecular formula is C12H15BrN2O3S2. The molecule has 2 heterocycles. The third kappa shape index (κ3) is 3.17. The monoisotopic (exact) mass is 378 g/mol. The summed E-state index contributed by atoms with van der Waals surface area (Å²) in [5.41, 5.74) is 0.260. The molecule has 1 amide bonds. The van der Waals surface area contributed by atoms with Crippen molar-refractivity contribution in [3.8, 4) is 0 Å². The van der Waals surface area contributed by atoms with E-state index in [0.29, 0.717) is 16.8 Å². The fourth-order valence-corrected chi connectivity index (χ4v) is 5.37. The van der Waals surface area contributed by atoms with Gasteiger partial charge in [0.05, 0.1) is 0 Å². The van der Waals surface area contributed by atoms with Crippen molar-refractivity contribution in [2.75, 3.05) is 23.8 Å². The number of hydrogen-bond acceptors (Lipinski definition) is 5. The molecule has 1 aliphatic rings. The van der Waals surface area contributed by atoms with Crippen LogP contribution in [-0.4, -0.2) is 53.4 Å². The van der Waals surface area contributed by atoms with Gasteiger partial charge in [-0.2, -0.15) is 11.8 Å². The van der Waals surface area contributed by atoms with Crippen LogP contribution in [0, 0.1) is 0 Å². The summed E-state index contributed by atoms with van der Waals surface area (Å²) in [6.45, 7) is 2.03. The van der Waals surface area contributed by atoms with Gasteiger partial charge in [-0.05, 0) is 28.1 Å². The zero-order valence-corrected chi connectivity index (χ0v) is 14.2. The van der Waals surface area contributed by atoms with E-state index in [0.717, 1.165) is 5.75 Å². The number of carbonyl (C=O) groups excluding carboxylic acids is 1. The van der Waals surface area contributed by atoms with E-state index in [2.05, 4.69) is 20.9 Å². The summed E-state index contributed by atoms with van der Waals surface area (Å²) in [7, 11) is -3.30. The number of rotatable bonds is 3. The Hall–Kier alpha value is -0.600. The van der Waals surface area contributed by atoms with Crippen molar-refractivity contribution in [1.82, 2.24) is 9.88 Å². The molecule has 0 radical (unpaired) electrons. The fraction of sp³-hybridized carbons (Fsp3) is 0.500. The first-order chi connectivity index (χ1) is 9.47. The second-order valence-corrected chi connectivity index (χ2v) is 8.76. The molecule has 8 heteroatoms. The molecule has 0 N–H and O–H groups in total. The van der Waals surface area contributed by atoms with E-state index < -0.39 is 15.2 Å². The summed E-state index contributed by atoms with van der Waals surface area (Å²) < 4.78 is 24.9. The number of carbonyl (C=O) groups is 1. The van der Waals surface area contributed by atoms with E-state index in [1.807, 2.05) is 0 Å². The summed E-state index contributed by atoms with van der Waals surface area (Å²) >= 11 is 4.85. The van der Waals surface area contributed by atoms with Crippen LogP contribution in [0.3, 0.4) is 0 Å². The zero-order valence-electron chi connectivity index (χ0n) is 11.0. The number of hydrogen-bond donors (Lipinski definition) is 0. The van der Waals surface area contributed by atoms with Crippen LogP contribution in [-0.2, 0) is 9.84 Å². The molecule has 20 heavy (non-hydrogen) atoms. The Balaban J connectivity index is 2.34. The Morgan fingerprint density at radius 2 is 2.35 bits per heavy atom. The molecule has 0 spiro atoms. The van der Waals surface area contributed by atoms with Crippen molar-refractivity contribution in [2.45, 2.75) is 12.3 Å². The molecule has 1 unspecified atom stereocenters. The number of pyridine rings is 1. The maximum Gasteiger partial charge on any atom is 0.274 e. The van der Waals surface area contributed by atoms with Gasteiger partial charge in [-0.3, -0.25) is 4.79 Å². The van der Waals surface area contributed by atoms with Crippen molar-refractivity contribution in [1.29, 1.82) is 0 Å². The van der Waals surface area contributed by atoms with Crippen LogP contribution in [0.1, 0.15) is 17.4 Å². The van der Waals surface area contributed by atoms with E-state index in [1.165, 1.54) is 11.1 Å². The second kappa shape index (κ2) is 6.44. The van der Waals surface area contributed by atoms with Gasteiger partial charge in [0, 0.05) is 34.5 Å². The number of amides is 1. The van der Waals surface area contributed by atoms with Gasteiger partial charge in [-0.1, -0.05) is 6.92 Å². The quantitative estimate of drug-likeness (QED) is 0.801. The molecule has 0 saturated carbocycles. The number of aromatic nitrogens is 1. The SMILES string of the molecule is CCS(=O)(=O)C1CSCCN1C(=O)c1ncccc1Br. The van der Waals surface area contributed by atoms with Gasteiger partial charge >= 0.3 is 0 Å². The molecule has 0 bridgehead atoms. The summed E-state index contributed by atoms with van der Waals surface area (Å²) in [5, 5.41) is -0.757. The summed E-state index contributed by atoms with van der Waals surface area (Å²) in [4.78, 5) is 18.0. The van der Waals surface area contributed by atoms with Crippen molar-refractivity contribution in [2.24, 2.45) is 0 Å². The van der Waals surface area contributed by atoms with Gasteiger partial charge < -0.3 is 4.90 Å². The first-order valence-corrected chi connectivity index (χ1v) is 9.84. The molecule has 2 rings (SSSR count). The molecule has 1 saturated heterocycles. The number of nitrogens with zero attached hydrogens (tertiary/aromatic N) is 2. The maximum atomic E-state index is 12.6. The predicted octanol–water partition coefficient (Wildman–Crippen LogP) is 1.79. The number of halogens is 1. The van der Waals surface area contributed by atoms with Crippen LogP contribution in [0.5, 0.6) is 0 Å². The lowest BCUT2D eigenvalue weighted by Gasteiger charge is -2.34. The first kappa shape index (κ1) is 15.8. The van der Waals surface area contributed by atoms with Crippen molar-refractivity contribution in [3.63, 3.8) is 0 Å². The molecule has 1 aromatic rings. The topological polar surface area (TPSA) is 67.3 Å². The van der Waals surface area contributed by atoms with Crippen molar-refractivity contribution < 1.29 is 13.2 Å². The predicted molar refractivity (Wildman–Crippen MR) is 83.5 cm³/mol. The van der Waals surface area contributed by atoms with E-state index in [-0.39, 0.29) is 17.4 Å². The van der Waals surface area contributed by atoms with Crippen molar-refractivity contribution in [3.05, 3.63) is 28.5 Å². The second-order valence-electron chi connectivity index (χ2n) is 4.31. The Kier molecular flexibility index (Phi) is 5.09. The molecule has 5 nitrogen and oxygen atoms in total. The lowest BCUT2D eigenvalue weighted by Crippen LogP contribution is -2.50. The molecule has 110 valence electrons. The van der Waals surface area contributed by atoms with Gasteiger partial charge in [0.2, 0.25) is 0 Å². The number of thioether (sulfide) groups is 1. The van der Waals surface area contributed by atoms with Crippen LogP contribution >= 0.6 is 27.7 Å². The largest absolute Gasteiger partial charge is 0.319 e. The molecule has 1 atom stereocenters. The lowest BCUT2D eigenvalue weighted by molar-refractivity contribution is 0.0742. The Morgan fingerprint density at radius 3 is 3.00 bits per heavy atom. The molecule has 0 aliphatic carbocycles. The summed E-state index contributed by atoms with van der Waals surface area (Å²) in [6.07, 6.45) is 1.53. The molecule has 1 fully saturated rings. The minimum absolute atomic E-state index is 0.0331. The van der Waals surface area contributed by atoms with Crippen molar-refractivity contribution >= 4 is 43.4 Å². The highest BCUT2D eigenvalue weighted by molar-refractivity contribution is 9.10. The van der Waals surface area contributed by atoms with Gasteiger partial charge in [-0.25, -0.2) is 13.4 Å². The van der Waals surface area contributed by atoms with Crippen LogP contribution in [0.2, 0.25) is 0 Å². The zero-order chi connectivity index (χ0) is 14.8. The first-order valence-electron chi connectivity index (χ1n) is 6.18. The van der Waals surface area contributed by atoms with Gasteiger partial charge in [0.25, 0.3) is 5.91 Å². The Labute approximate surface area is 131 Å². The third-order valence-corrected chi connectivity index (χ3v) is 7.05. The lowest BCUT2D eigenvalue weighted by atomic mass is 10.3. The highest BCUT2D eigenvalue weighted by Gasteiger charge is 2.36. The fourth-order valence-electron chi connectivity index (χ4n) is 1.98. The average molecular weight is 379 g/mol. The maximum absolute atomic E-state index is 12.6. The average Bonchev–Trinajstić information content (AvgIpc) is 2.47. The van der Waals surface area contributed by atoms with Gasteiger partial charge in [0.1, 0.15) is 11.1 Å². The van der Waals surface area contributed by atoms with E-state index in [1.54, 1.807) is 30.8 Å². The molecule has 0 aromatic carbocycles. The third-order valence-electron chi connectivity index (χ3n) is 3.12. The minimum Gasteiger partial charge on any atom is -0.319 e. The molecule has 1 aliphatic heterocycles. The highest BCUT2D eigenvalue weighted by atomic mass is 79.9. The highest BCUT2D eigenvalue weighted by Crippen LogP contribution is 2.25. The molecular weight excluding hydrogens is 364 g/mol. The summed E-state index contributed by atoms with van der Waals surface area (Å²) in [5.74, 6) is 0.865. The van der Waals surface area contributed by atoms with E-state index >= 15 is 0 Å². The Bertz CT molecular complexity index is 606. The standard InChI is InChI=1S/C12H15BrN2O3S2/c1-2-20(17,18)10-8-19-7-6-15(10)12(16)11-9(13)4-3-5-14-11/h3-5,10H,2,6-8H2,1H3. The van der Waals surface area contributed by atoms with Gasteiger partial charge in [0.15, 0.2) is 9.84 Å². The normalized spacial score (nSPS) is 19.9. The van der Waals surface area contributed by atoms with Crippen LogP contribution in [0.15, 0.2) is 22.8 Å². The minimum atomic E-state index is -3.30. The van der Waals surface area contributed by atoms with Crippen LogP contribution in [0.25, 0.3) is 0 Å². The Morgan fingerprint density at radius 1 is 1.60 bits per heavy atom. The van der Waals surface area contributed by atoms with E-state index in [9.17, 15) is 13.2 Å². The summed E-state index contributed by atoms with van der Waals surface area (Å²) in [6, 6.07) is 3.44. The number of sulfone groups is 1. The van der Waals surface area contributed by atoms with E-state index in [4.69, 9.17) is 0 Å².